The second-order valence-electron chi connectivity index (χ2n) is 4.85. The molecule has 102 valence electrons. The zero-order valence-corrected chi connectivity index (χ0v) is 11.6. The van der Waals surface area contributed by atoms with E-state index in [0.29, 0.717) is 6.42 Å². The Labute approximate surface area is 110 Å². The lowest BCUT2D eigenvalue weighted by atomic mass is 9.97. The van der Waals surface area contributed by atoms with Crippen LogP contribution >= 0.6 is 0 Å². The van der Waals surface area contributed by atoms with Crippen LogP contribution in [0.2, 0.25) is 0 Å². The van der Waals surface area contributed by atoms with Crippen molar-refractivity contribution in [2.24, 2.45) is 5.73 Å². The molecule has 0 amide bonds. The quantitative estimate of drug-likeness (QED) is 0.782. The minimum atomic E-state index is -0.411. The van der Waals surface area contributed by atoms with Crippen molar-refractivity contribution >= 4 is 0 Å². The highest BCUT2D eigenvalue weighted by Crippen LogP contribution is 2.19. The summed E-state index contributed by atoms with van der Waals surface area (Å²) in [7, 11) is 1.67. The fraction of sp³-hybridized carbons (Fsp3) is 0.600. The van der Waals surface area contributed by atoms with E-state index in [1.165, 1.54) is 11.1 Å². The van der Waals surface area contributed by atoms with Crippen molar-refractivity contribution in [2.45, 2.75) is 51.7 Å². The monoisotopic (exact) mass is 251 g/mol. The number of hydrogen-bond acceptors (Lipinski definition) is 3. The van der Waals surface area contributed by atoms with Crippen molar-refractivity contribution in [1.82, 2.24) is 0 Å². The van der Waals surface area contributed by atoms with Crippen LogP contribution in [0.15, 0.2) is 18.2 Å². The van der Waals surface area contributed by atoms with Gasteiger partial charge in [0.25, 0.3) is 0 Å². The van der Waals surface area contributed by atoms with Gasteiger partial charge in [0.05, 0.1) is 13.2 Å². The topological polar surface area (TPSA) is 55.5 Å². The van der Waals surface area contributed by atoms with Crippen LogP contribution in [0.5, 0.6) is 5.75 Å². The third-order valence-electron chi connectivity index (χ3n) is 3.38. The number of rotatable bonds is 7. The van der Waals surface area contributed by atoms with E-state index in [1.54, 1.807) is 7.11 Å². The lowest BCUT2D eigenvalue weighted by Crippen LogP contribution is -2.34. The number of methoxy groups -OCH3 is 1. The first kappa shape index (κ1) is 15.0. The maximum atomic E-state index is 9.95. The van der Waals surface area contributed by atoms with E-state index in [0.717, 1.165) is 25.0 Å². The Bertz CT molecular complexity index is 366. The smallest absolute Gasteiger partial charge is 0.119 e. The molecule has 3 nitrogen and oxygen atoms in total. The molecule has 0 aliphatic carbocycles. The van der Waals surface area contributed by atoms with Gasteiger partial charge >= 0.3 is 0 Å². The molecule has 1 rings (SSSR count). The molecule has 0 aliphatic rings. The van der Waals surface area contributed by atoms with Crippen LogP contribution in [0.1, 0.15) is 37.3 Å². The van der Waals surface area contributed by atoms with Crippen molar-refractivity contribution in [2.75, 3.05) is 7.11 Å². The normalized spacial score (nSPS) is 14.3. The summed E-state index contributed by atoms with van der Waals surface area (Å²) >= 11 is 0. The van der Waals surface area contributed by atoms with Crippen molar-refractivity contribution in [3.05, 3.63) is 29.3 Å². The van der Waals surface area contributed by atoms with Gasteiger partial charge in [-0.3, -0.25) is 0 Å². The van der Waals surface area contributed by atoms with Gasteiger partial charge in [-0.2, -0.15) is 0 Å². The van der Waals surface area contributed by atoms with E-state index in [9.17, 15) is 5.11 Å². The SMILES string of the molecule is CCCC(N)C(O)CCc1ccc(OC)cc1C. The molecule has 0 heterocycles. The van der Waals surface area contributed by atoms with E-state index >= 15 is 0 Å². The van der Waals surface area contributed by atoms with Crippen LogP contribution < -0.4 is 10.5 Å². The van der Waals surface area contributed by atoms with Crippen molar-refractivity contribution < 1.29 is 9.84 Å². The molecule has 0 bridgehead atoms. The standard InChI is InChI=1S/C15H25NO2/c1-4-5-14(16)15(17)9-7-12-6-8-13(18-3)10-11(12)2/h6,8,10,14-15,17H,4-5,7,9,16H2,1-3H3. The molecule has 0 radical (unpaired) electrons. The fourth-order valence-corrected chi connectivity index (χ4v) is 2.12. The molecular formula is C15H25NO2. The molecule has 18 heavy (non-hydrogen) atoms. The molecule has 0 aromatic heterocycles. The van der Waals surface area contributed by atoms with Gasteiger partial charge in [0.1, 0.15) is 5.75 Å². The minimum absolute atomic E-state index is 0.103. The molecule has 0 spiro atoms. The first-order valence-corrected chi connectivity index (χ1v) is 6.65. The summed E-state index contributed by atoms with van der Waals surface area (Å²) in [5.41, 5.74) is 8.35. The number of aliphatic hydroxyl groups excluding tert-OH is 1. The molecule has 0 saturated carbocycles. The Morgan fingerprint density at radius 1 is 1.33 bits per heavy atom. The predicted octanol–water partition coefficient (Wildman–Crippen LogP) is 2.42. The molecule has 0 saturated heterocycles. The largest absolute Gasteiger partial charge is 0.497 e. The highest BCUT2D eigenvalue weighted by molar-refractivity contribution is 5.34. The van der Waals surface area contributed by atoms with Gasteiger partial charge in [-0.25, -0.2) is 0 Å². The van der Waals surface area contributed by atoms with Crippen molar-refractivity contribution in [3.63, 3.8) is 0 Å². The molecule has 3 heteroatoms. The molecule has 2 unspecified atom stereocenters. The van der Waals surface area contributed by atoms with Crippen LogP contribution in [0, 0.1) is 6.92 Å². The zero-order valence-electron chi connectivity index (χ0n) is 11.6. The van der Waals surface area contributed by atoms with Crippen LogP contribution in [0.3, 0.4) is 0 Å². The third-order valence-corrected chi connectivity index (χ3v) is 3.38. The van der Waals surface area contributed by atoms with E-state index in [1.807, 2.05) is 12.1 Å². The Kier molecular flexibility index (Phi) is 6.16. The molecule has 1 aromatic rings. The van der Waals surface area contributed by atoms with Gasteiger partial charge in [-0.15, -0.1) is 0 Å². The lowest BCUT2D eigenvalue weighted by Gasteiger charge is -2.18. The highest BCUT2D eigenvalue weighted by atomic mass is 16.5. The maximum absolute atomic E-state index is 9.95. The summed E-state index contributed by atoms with van der Waals surface area (Å²) in [5, 5.41) is 9.95. The second kappa shape index (κ2) is 7.39. The lowest BCUT2D eigenvalue weighted by molar-refractivity contribution is 0.131. The average molecular weight is 251 g/mol. The number of hydrogen-bond donors (Lipinski definition) is 2. The van der Waals surface area contributed by atoms with Crippen molar-refractivity contribution in [1.29, 1.82) is 0 Å². The summed E-state index contributed by atoms with van der Waals surface area (Å²) in [4.78, 5) is 0. The number of aliphatic hydroxyl groups is 1. The number of ether oxygens (including phenoxy) is 1. The predicted molar refractivity (Wildman–Crippen MR) is 74.9 cm³/mol. The Morgan fingerprint density at radius 3 is 2.61 bits per heavy atom. The van der Waals surface area contributed by atoms with Crippen LogP contribution in [0.4, 0.5) is 0 Å². The van der Waals surface area contributed by atoms with Gasteiger partial charge < -0.3 is 15.6 Å². The van der Waals surface area contributed by atoms with E-state index in [2.05, 4.69) is 19.9 Å². The summed E-state index contributed by atoms with van der Waals surface area (Å²) < 4.78 is 5.18. The van der Waals surface area contributed by atoms with Gasteiger partial charge in [0.2, 0.25) is 0 Å². The summed E-state index contributed by atoms with van der Waals surface area (Å²) in [6, 6.07) is 5.94. The molecule has 0 aliphatic heterocycles. The Hall–Kier alpha value is -1.06. The second-order valence-corrected chi connectivity index (χ2v) is 4.85. The Morgan fingerprint density at radius 2 is 2.06 bits per heavy atom. The molecule has 0 fully saturated rings. The van der Waals surface area contributed by atoms with Crippen LogP contribution in [-0.2, 0) is 6.42 Å². The van der Waals surface area contributed by atoms with Gasteiger partial charge in [-0.05, 0) is 49.4 Å². The number of benzene rings is 1. The molecular weight excluding hydrogens is 226 g/mol. The number of nitrogens with two attached hydrogens (primary N) is 1. The molecule has 1 aromatic carbocycles. The van der Waals surface area contributed by atoms with Crippen LogP contribution in [-0.4, -0.2) is 24.4 Å². The summed E-state index contributed by atoms with van der Waals surface area (Å²) in [5.74, 6) is 0.875. The molecule has 2 atom stereocenters. The van der Waals surface area contributed by atoms with Crippen molar-refractivity contribution in [3.8, 4) is 5.75 Å². The first-order valence-electron chi connectivity index (χ1n) is 6.65. The van der Waals surface area contributed by atoms with Crippen LogP contribution in [0.25, 0.3) is 0 Å². The van der Waals surface area contributed by atoms with E-state index < -0.39 is 6.10 Å². The molecule has 3 N–H and O–H groups in total. The first-order chi connectivity index (χ1) is 8.58. The maximum Gasteiger partial charge on any atom is 0.119 e. The third kappa shape index (κ3) is 4.31. The fourth-order valence-electron chi connectivity index (χ4n) is 2.12. The van der Waals surface area contributed by atoms with Gasteiger partial charge in [0, 0.05) is 6.04 Å². The average Bonchev–Trinajstić information content (AvgIpc) is 2.37. The van der Waals surface area contributed by atoms with E-state index in [-0.39, 0.29) is 6.04 Å². The number of aryl methyl sites for hydroxylation is 2. The van der Waals surface area contributed by atoms with E-state index in [4.69, 9.17) is 10.5 Å². The minimum Gasteiger partial charge on any atom is -0.497 e. The van der Waals surface area contributed by atoms with Gasteiger partial charge in [0.15, 0.2) is 0 Å². The Balaban J connectivity index is 2.53. The zero-order chi connectivity index (χ0) is 13.5. The summed E-state index contributed by atoms with van der Waals surface area (Å²) in [6.45, 7) is 4.15. The van der Waals surface area contributed by atoms with Gasteiger partial charge in [-0.1, -0.05) is 19.4 Å². The highest BCUT2D eigenvalue weighted by Gasteiger charge is 2.14. The summed E-state index contributed by atoms with van der Waals surface area (Å²) in [6.07, 6.45) is 3.05.